The number of anilines is 1. The van der Waals surface area contributed by atoms with Crippen molar-refractivity contribution in [1.82, 2.24) is 9.97 Å². The highest BCUT2D eigenvalue weighted by Gasteiger charge is 2.36. The fourth-order valence-electron chi connectivity index (χ4n) is 3.22. The maximum atomic E-state index is 5.76. The molecule has 2 atom stereocenters. The number of aromatic nitrogens is 2. The van der Waals surface area contributed by atoms with Gasteiger partial charge < -0.3 is 4.90 Å². The van der Waals surface area contributed by atoms with E-state index in [2.05, 4.69) is 14.9 Å². The van der Waals surface area contributed by atoms with E-state index in [1.54, 1.807) is 0 Å². The van der Waals surface area contributed by atoms with Gasteiger partial charge in [0.25, 0.3) is 0 Å². The van der Waals surface area contributed by atoms with Crippen molar-refractivity contribution in [3.63, 3.8) is 0 Å². The van der Waals surface area contributed by atoms with Crippen LogP contribution < -0.4 is 4.90 Å². The van der Waals surface area contributed by atoms with Gasteiger partial charge in [0.2, 0.25) is 5.95 Å². The molecule has 2 unspecified atom stereocenters. The van der Waals surface area contributed by atoms with E-state index in [4.69, 9.17) is 11.6 Å². The topological polar surface area (TPSA) is 29.0 Å². The Bertz CT molecular complexity index is 379. The molecule has 1 saturated carbocycles. The van der Waals surface area contributed by atoms with Crippen molar-refractivity contribution in [3.05, 3.63) is 18.0 Å². The Morgan fingerprint density at radius 2 is 1.94 bits per heavy atom. The van der Waals surface area contributed by atoms with Crippen molar-refractivity contribution in [2.45, 2.75) is 44.0 Å². The van der Waals surface area contributed by atoms with Crippen molar-refractivity contribution in [1.29, 1.82) is 0 Å². The molecule has 2 aliphatic rings. The molecule has 3 nitrogen and oxygen atoms in total. The average Bonchev–Trinajstić information content (AvgIpc) is 2.83. The van der Waals surface area contributed by atoms with Crippen LogP contribution in [-0.4, -0.2) is 22.6 Å². The third-order valence-corrected chi connectivity index (χ3v) is 4.42. The Balaban J connectivity index is 1.78. The Kier molecular flexibility index (Phi) is 3.19. The Morgan fingerprint density at radius 1 is 1.18 bits per heavy atom. The molecule has 0 amide bonds. The monoisotopic (exact) mass is 251 g/mol. The number of fused-ring (bicyclic) bond motifs is 1. The lowest BCUT2D eigenvalue weighted by Crippen LogP contribution is -2.35. The van der Waals surface area contributed by atoms with E-state index in [9.17, 15) is 0 Å². The molecular formula is C13H18ClN3. The number of hydrogen-bond donors (Lipinski definition) is 0. The van der Waals surface area contributed by atoms with Gasteiger partial charge in [-0.3, -0.25) is 0 Å². The van der Waals surface area contributed by atoms with Gasteiger partial charge in [0.05, 0.1) is 5.88 Å². The third kappa shape index (κ3) is 2.13. The second-order valence-electron chi connectivity index (χ2n) is 5.12. The summed E-state index contributed by atoms with van der Waals surface area (Å²) in [6.45, 7) is 1.12. The maximum Gasteiger partial charge on any atom is 0.225 e. The summed E-state index contributed by atoms with van der Waals surface area (Å²) in [5.41, 5.74) is 0.995. The first-order valence-corrected chi connectivity index (χ1v) is 7.05. The number of hydrogen-bond acceptors (Lipinski definition) is 3. The van der Waals surface area contributed by atoms with E-state index in [-0.39, 0.29) is 0 Å². The second-order valence-corrected chi connectivity index (χ2v) is 5.39. The summed E-state index contributed by atoms with van der Waals surface area (Å²) in [5, 5.41) is 0. The van der Waals surface area contributed by atoms with E-state index in [1.165, 1.54) is 32.1 Å². The van der Waals surface area contributed by atoms with Gasteiger partial charge in [0.1, 0.15) is 0 Å². The molecule has 1 saturated heterocycles. The van der Waals surface area contributed by atoms with Gasteiger partial charge in [-0.1, -0.05) is 12.8 Å². The smallest absolute Gasteiger partial charge is 0.225 e. The molecule has 0 aromatic carbocycles. The van der Waals surface area contributed by atoms with Crippen LogP contribution in [0.15, 0.2) is 12.4 Å². The minimum absolute atomic E-state index is 0.492. The molecule has 2 fully saturated rings. The Labute approximate surface area is 107 Å². The maximum absolute atomic E-state index is 5.76. The molecule has 3 rings (SSSR count). The first-order chi connectivity index (χ1) is 8.38. The average molecular weight is 252 g/mol. The van der Waals surface area contributed by atoms with Crippen molar-refractivity contribution in [2.24, 2.45) is 5.92 Å². The van der Waals surface area contributed by atoms with E-state index in [1.807, 2.05) is 12.4 Å². The van der Waals surface area contributed by atoms with Gasteiger partial charge >= 0.3 is 0 Å². The predicted molar refractivity (Wildman–Crippen MR) is 69.3 cm³/mol. The summed E-state index contributed by atoms with van der Waals surface area (Å²) in [6.07, 6.45) is 10.5. The summed E-state index contributed by atoms with van der Waals surface area (Å²) in [4.78, 5) is 11.3. The standard InChI is InChI=1S/C13H18ClN3/c14-7-10-8-15-13(16-9-10)17-6-5-11-3-1-2-4-12(11)17/h8-9,11-12H,1-7H2. The lowest BCUT2D eigenvalue weighted by molar-refractivity contribution is 0.341. The molecule has 4 heteroatoms. The van der Waals surface area contributed by atoms with E-state index in [0.29, 0.717) is 11.9 Å². The van der Waals surface area contributed by atoms with E-state index < -0.39 is 0 Å². The molecule has 0 radical (unpaired) electrons. The normalized spacial score (nSPS) is 28.2. The molecule has 2 heterocycles. The fourth-order valence-corrected chi connectivity index (χ4v) is 3.36. The van der Waals surface area contributed by atoms with Crippen molar-refractivity contribution < 1.29 is 0 Å². The highest BCUT2D eigenvalue weighted by atomic mass is 35.5. The molecule has 1 aromatic heterocycles. The van der Waals surface area contributed by atoms with E-state index in [0.717, 1.165) is 24.0 Å². The summed E-state index contributed by atoms with van der Waals surface area (Å²) in [6, 6.07) is 0.686. The quantitative estimate of drug-likeness (QED) is 0.757. The lowest BCUT2D eigenvalue weighted by Gasteiger charge is -2.31. The molecule has 92 valence electrons. The van der Waals surface area contributed by atoms with Crippen LogP contribution in [0, 0.1) is 5.92 Å². The minimum atomic E-state index is 0.492. The SMILES string of the molecule is ClCc1cnc(N2CCC3CCCCC32)nc1. The summed E-state index contributed by atoms with van der Waals surface area (Å²) in [7, 11) is 0. The molecule has 0 N–H and O–H groups in total. The van der Waals surface area contributed by atoms with Crippen LogP contribution in [0.25, 0.3) is 0 Å². The largest absolute Gasteiger partial charge is 0.338 e. The van der Waals surface area contributed by atoms with Crippen molar-refractivity contribution >= 4 is 17.5 Å². The molecule has 1 aromatic rings. The molecule has 0 spiro atoms. The number of nitrogens with zero attached hydrogens (tertiary/aromatic N) is 3. The summed E-state index contributed by atoms with van der Waals surface area (Å²) in [5.74, 6) is 2.26. The first kappa shape index (κ1) is 11.3. The minimum Gasteiger partial charge on any atom is -0.338 e. The van der Waals surface area contributed by atoms with Crippen LogP contribution >= 0.6 is 11.6 Å². The van der Waals surface area contributed by atoms with Crippen LogP contribution in [0.1, 0.15) is 37.7 Å². The fraction of sp³-hybridized carbons (Fsp3) is 0.692. The zero-order chi connectivity index (χ0) is 11.7. The number of rotatable bonds is 2. The van der Waals surface area contributed by atoms with Gasteiger partial charge in [-0.25, -0.2) is 9.97 Å². The van der Waals surface area contributed by atoms with Crippen LogP contribution in [0.5, 0.6) is 0 Å². The van der Waals surface area contributed by atoms with Gasteiger partial charge in [-0.2, -0.15) is 0 Å². The van der Waals surface area contributed by atoms with Gasteiger partial charge in [-0.05, 0) is 25.2 Å². The van der Waals surface area contributed by atoms with E-state index >= 15 is 0 Å². The van der Waals surface area contributed by atoms with Crippen LogP contribution in [0.3, 0.4) is 0 Å². The van der Waals surface area contributed by atoms with Gasteiger partial charge in [0.15, 0.2) is 0 Å². The van der Waals surface area contributed by atoms with Crippen molar-refractivity contribution in [2.75, 3.05) is 11.4 Å². The summed E-state index contributed by atoms with van der Waals surface area (Å²) < 4.78 is 0. The highest BCUT2D eigenvalue weighted by Crippen LogP contribution is 2.37. The highest BCUT2D eigenvalue weighted by molar-refractivity contribution is 6.17. The second kappa shape index (κ2) is 4.81. The van der Waals surface area contributed by atoms with Crippen LogP contribution in [0.4, 0.5) is 5.95 Å². The van der Waals surface area contributed by atoms with Gasteiger partial charge in [-0.15, -0.1) is 11.6 Å². The molecular weight excluding hydrogens is 234 g/mol. The molecule has 1 aliphatic heterocycles. The van der Waals surface area contributed by atoms with Crippen LogP contribution in [0.2, 0.25) is 0 Å². The van der Waals surface area contributed by atoms with Crippen molar-refractivity contribution in [3.8, 4) is 0 Å². The zero-order valence-corrected chi connectivity index (χ0v) is 10.7. The Morgan fingerprint density at radius 3 is 2.71 bits per heavy atom. The lowest BCUT2D eigenvalue weighted by atomic mass is 9.85. The number of alkyl halides is 1. The van der Waals surface area contributed by atoms with Crippen LogP contribution in [-0.2, 0) is 5.88 Å². The molecule has 0 bridgehead atoms. The third-order valence-electron chi connectivity index (χ3n) is 4.11. The Hall–Kier alpha value is -0.830. The molecule has 1 aliphatic carbocycles. The predicted octanol–water partition coefficient (Wildman–Crippen LogP) is 2.98. The first-order valence-electron chi connectivity index (χ1n) is 6.52. The number of halogens is 1. The summed E-state index contributed by atoms with van der Waals surface area (Å²) >= 11 is 5.76. The molecule has 17 heavy (non-hydrogen) atoms. The van der Waals surface area contributed by atoms with Gasteiger partial charge in [0, 0.05) is 30.5 Å². The zero-order valence-electron chi connectivity index (χ0n) is 9.98.